The Hall–Kier alpha value is -1.74. The van der Waals surface area contributed by atoms with Crippen LogP contribution >= 0.6 is 0 Å². The standard InChI is InChI=1S/C20H29BN2O4S/c1-6-28(25)23-17-10-9-16(21-27-20(4,5)19(2,3)24)12-18(17)26-14-15-8-7-11-22-13-15/h7-13,21,23-24H,6,14H2,1-5H3. The number of rotatable bonds is 10. The third-order valence-electron chi connectivity index (χ3n) is 4.72. The van der Waals surface area contributed by atoms with Crippen LogP contribution in [0.4, 0.5) is 5.69 Å². The number of benzene rings is 1. The van der Waals surface area contributed by atoms with E-state index < -0.39 is 22.6 Å². The molecule has 0 spiro atoms. The van der Waals surface area contributed by atoms with Crippen molar-refractivity contribution in [2.45, 2.75) is 52.4 Å². The number of nitrogens with one attached hydrogen (secondary N) is 1. The summed E-state index contributed by atoms with van der Waals surface area (Å²) >= 11 is -1.18. The highest BCUT2D eigenvalue weighted by Gasteiger charge is 2.35. The van der Waals surface area contributed by atoms with Crippen LogP contribution in [0.5, 0.6) is 5.75 Å². The third kappa shape index (κ3) is 6.41. The Kier molecular flexibility index (Phi) is 7.77. The van der Waals surface area contributed by atoms with Gasteiger partial charge in [0.15, 0.2) is 0 Å². The molecule has 0 aliphatic rings. The Morgan fingerprint density at radius 2 is 2.00 bits per heavy atom. The van der Waals surface area contributed by atoms with Gasteiger partial charge >= 0.3 is 7.48 Å². The fourth-order valence-electron chi connectivity index (χ4n) is 2.14. The van der Waals surface area contributed by atoms with E-state index in [2.05, 4.69) is 9.71 Å². The molecule has 1 aromatic carbocycles. The average Bonchev–Trinajstić information content (AvgIpc) is 2.65. The van der Waals surface area contributed by atoms with Gasteiger partial charge < -0.3 is 19.1 Å². The molecular weight excluding hydrogens is 375 g/mol. The monoisotopic (exact) mass is 404 g/mol. The number of hydrogen-bond donors (Lipinski definition) is 2. The second kappa shape index (κ2) is 9.65. The highest BCUT2D eigenvalue weighted by atomic mass is 32.2. The van der Waals surface area contributed by atoms with E-state index in [9.17, 15) is 9.66 Å². The van der Waals surface area contributed by atoms with Gasteiger partial charge in [-0.1, -0.05) is 12.1 Å². The number of pyridine rings is 1. The number of aromatic nitrogens is 1. The summed E-state index contributed by atoms with van der Waals surface area (Å²) in [4.78, 5) is 4.09. The summed E-state index contributed by atoms with van der Waals surface area (Å²) < 4.78 is 26.8. The summed E-state index contributed by atoms with van der Waals surface area (Å²) in [6, 6.07) is 9.39. The maximum atomic E-state index is 11.9. The summed E-state index contributed by atoms with van der Waals surface area (Å²) in [6.45, 7) is 9.35. The molecule has 6 nitrogen and oxygen atoms in total. The molecule has 0 fully saturated rings. The third-order valence-corrected chi connectivity index (χ3v) is 5.69. The molecule has 1 heterocycles. The van der Waals surface area contributed by atoms with Gasteiger partial charge in [-0.05, 0) is 58.3 Å². The first-order valence-corrected chi connectivity index (χ1v) is 10.6. The predicted octanol–water partition coefficient (Wildman–Crippen LogP) is 2.30. The molecule has 1 aromatic heterocycles. The molecule has 0 aliphatic carbocycles. The van der Waals surface area contributed by atoms with Crippen LogP contribution in [0.3, 0.4) is 0 Å². The van der Waals surface area contributed by atoms with Crippen LogP contribution in [-0.4, -0.2) is 39.1 Å². The molecule has 2 aromatic rings. The Balaban J connectivity index is 2.17. The normalized spacial score (nSPS) is 13.1. The molecule has 2 rings (SSSR count). The lowest BCUT2D eigenvalue weighted by Crippen LogP contribution is -2.49. The van der Waals surface area contributed by atoms with Crippen molar-refractivity contribution in [2.24, 2.45) is 0 Å². The molecule has 8 heteroatoms. The van der Waals surface area contributed by atoms with E-state index in [4.69, 9.17) is 9.39 Å². The van der Waals surface area contributed by atoms with E-state index in [0.717, 1.165) is 11.0 Å². The Morgan fingerprint density at radius 3 is 2.61 bits per heavy atom. The highest BCUT2D eigenvalue weighted by molar-refractivity contribution is 7.92. The largest absolute Gasteiger partial charge is 0.593 e. The molecule has 152 valence electrons. The molecular formula is C20H29BN2O4S. The van der Waals surface area contributed by atoms with Gasteiger partial charge in [0.25, 0.3) is 0 Å². The van der Waals surface area contributed by atoms with E-state index in [0.29, 0.717) is 31.3 Å². The summed E-state index contributed by atoms with van der Waals surface area (Å²) in [7, 11) is 0.317. The molecule has 2 N–H and O–H groups in total. The molecule has 1 atom stereocenters. The summed E-state index contributed by atoms with van der Waals surface area (Å²) in [5.74, 6) is 1.08. The number of ether oxygens (including phenoxy) is 1. The molecule has 0 saturated heterocycles. The maximum absolute atomic E-state index is 11.9. The van der Waals surface area contributed by atoms with E-state index >= 15 is 0 Å². The van der Waals surface area contributed by atoms with Gasteiger partial charge in [0.1, 0.15) is 23.8 Å². The molecule has 0 bridgehead atoms. The molecule has 28 heavy (non-hydrogen) atoms. The Bertz CT molecular complexity index is 754. The fraction of sp³-hybridized carbons (Fsp3) is 0.450. The van der Waals surface area contributed by atoms with Crippen molar-refractivity contribution in [1.29, 1.82) is 0 Å². The summed E-state index contributed by atoms with van der Waals surface area (Å²) in [5, 5.41) is 10.3. The van der Waals surface area contributed by atoms with Crippen molar-refractivity contribution in [3.8, 4) is 5.75 Å². The van der Waals surface area contributed by atoms with Gasteiger partial charge in [0.05, 0.1) is 22.6 Å². The number of hydrogen-bond acceptors (Lipinski definition) is 6. The minimum Gasteiger partial charge on any atom is -0.593 e. The zero-order valence-electron chi connectivity index (χ0n) is 17.2. The molecule has 0 aliphatic heterocycles. The maximum Gasteiger partial charge on any atom is 0.309 e. The quantitative estimate of drug-likeness (QED) is 0.467. The van der Waals surface area contributed by atoms with Gasteiger partial charge in [-0.2, -0.15) is 0 Å². The van der Waals surface area contributed by atoms with Crippen molar-refractivity contribution < 1.29 is 19.1 Å². The lowest BCUT2D eigenvalue weighted by molar-refractivity contribution is -0.0893. The highest BCUT2D eigenvalue weighted by Crippen LogP contribution is 2.27. The molecule has 0 radical (unpaired) electrons. The fourth-order valence-corrected chi connectivity index (χ4v) is 2.70. The van der Waals surface area contributed by atoms with Gasteiger partial charge in [0.2, 0.25) is 0 Å². The second-order valence-electron chi connectivity index (χ2n) is 7.57. The van der Waals surface area contributed by atoms with E-state index in [1.54, 1.807) is 26.2 Å². The smallest absolute Gasteiger partial charge is 0.309 e. The predicted molar refractivity (Wildman–Crippen MR) is 116 cm³/mol. The van der Waals surface area contributed by atoms with Crippen molar-refractivity contribution in [3.05, 3.63) is 48.3 Å². The number of nitrogens with zero attached hydrogens (tertiary/aromatic N) is 1. The SMILES string of the molecule is CC[S+]([O-])Nc1ccc(BOC(C)(C)C(C)(C)O)cc1OCc1cccnc1. The van der Waals surface area contributed by atoms with Crippen LogP contribution in [0.25, 0.3) is 0 Å². The van der Waals surface area contributed by atoms with Gasteiger partial charge in [-0.3, -0.25) is 4.98 Å². The van der Waals surface area contributed by atoms with Crippen LogP contribution in [0.1, 0.15) is 40.2 Å². The lowest BCUT2D eigenvalue weighted by Gasteiger charge is -2.37. The number of aliphatic hydroxyl groups is 1. The van der Waals surface area contributed by atoms with Crippen molar-refractivity contribution in [2.75, 3.05) is 10.5 Å². The van der Waals surface area contributed by atoms with E-state index in [1.807, 2.05) is 51.1 Å². The van der Waals surface area contributed by atoms with E-state index in [1.165, 1.54) is 0 Å². The average molecular weight is 404 g/mol. The van der Waals surface area contributed by atoms with Gasteiger partial charge in [-0.15, -0.1) is 0 Å². The lowest BCUT2D eigenvalue weighted by atomic mass is 9.82. The zero-order valence-corrected chi connectivity index (χ0v) is 18.0. The van der Waals surface area contributed by atoms with Crippen LogP contribution < -0.4 is 14.9 Å². The Labute approximate surface area is 171 Å². The van der Waals surface area contributed by atoms with Crippen LogP contribution in [0, 0.1) is 0 Å². The summed E-state index contributed by atoms with van der Waals surface area (Å²) in [5.41, 5.74) is 0.798. The van der Waals surface area contributed by atoms with Crippen LogP contribution in [0.15, 0.2) is 42.7 Å². The first kappa shape index (κ1) is 22.6. The zero-order chi connectivity index (χ0) is 20.8. The van der Waals surface area contributed by atoms with Crippen molar-refractivity contribution >= 4 is 30.0 Å². The first-order valence-electron chi connectivity index (χ1n) is 9.28. The topological polar surface area (TPSA) is 86.7 Å². The van der Waals surface area contributed by atoms with Crippen LogP contribution in [0.2, 0.25) is 0 Å². The van der Waals surface area contributed by atoms with Crippen molar-refractivity contribution in [1.82, 2.24) is 4.98 Å². The first-order chi connectivity index (χ1) is 13.1. The van der Waals surface area contributed by atoms with Crippen molar-refractivity contribution in [3.63, 3.8) is 0 Å². The minimum atomic E-state index is -1.18. The summed E-state index contributed by atoms with van der Waals surface area (Å²) in [6.07, 6.45) is 3.46. The van der Waals surface area contributed by atoms with Crippen LogP contribution in [-0.2, 0) is 22.6 Å². The van der Waals surface area contributed by atoms with E-state index in [-0.39, 0.29) is 0 Å². The van der Waals surface area contributed by atoms with Gasteiger partial charge in [0, 0.05) is 18.0 Å². The molecule has 0 amide bonds. The number of anilines is 1. The Morgan fingerprint density at radius 1 is 1.25 bits per heavy atom. The molecule has 1 unspecified atom stereocenters. The van der Waals surface area contributed by atoms with Gasteiger partial charge in [-0.25, -0.2) is 4.72 Å². The minimum absolute atomic E-state index is 0.317. The second-order valence-corrected chi connectivity index (χ2v) is 9.05. The molecule has 0 saturated carbocycles.